The molecule has 1 atom stereocenters. The van der Waals surface area contributed by atoms with Gasteiger partial charge >= 0.3 is 0 Å². The monoisotopic (exact) mass is 338 g/mol. The van der Waals surface area contributed by atoms with Crippen molar-refractivity contribution in [3.8, 4) is 0 Å². The Morgan fingerprint density at radius 1 is 1.14 bits per heavy atom. The van der Waals surface area contributed by atoms with E-state index in [0.29, 0.717) is 15.6 Å². The molecule has 0 bridgehead atoms. The molecule has 2 aromatic rings. The Morgan fingerprint density at radius 2 is 1.90 bits per heavy atom. The first-order chi connectivity index (χ1) is 10.1. The van der Waals surface area contributed by atoms with E-state index >= 15 is 0 Å². The van der Waals surface area contributed by atoms with Crippen molar-refractivity contribution < 1.29 is 4.79 Å². The third kappa shape index (κ3) is 2.05. The van der Waals surface area contributed by atoms with Crippen molar-refractivity contribution in [3.63, 3.8) is 0 Å². The first-order valence-corrected chi connectivity index (χ1v) is 8.38. The van der Waals surface area contributed by atoms with Gasteiger partial charge in [-0.2, -0.15) is 0 Å². The Kier molecular flexibility index (Phi) is 3.14. The minimum absolute atomic E-state index is 0.0378. The van der Waals surface area contributed by atoms with E-state index in [1.807, 2.05) is 0 Å². The van der Waals surface area contributed by atoms with Crippen molar-refractivity contribution in [2.75, 3.05) is 5.32 Å². The van der Waals surface area contributed by atoms with Crippen molar-refractivity contribution >= 4 is 45.4 Å². The average Bonchev–Trinajstić information content (AvgIpc) is 2.98. The minimum Gasteiger partial charge on any atom is -0.353 e. The quantitative estimate of drug-likeness (QED) is 0.809. The molecule has 2 N–H and O–H groups in total. The molecule has 1 aromatic heterocycles. The zero-order valence-electron chi connectivity index (χ0n) is 11.0. The largest absolute Gasteiger partial charge is 0.353 e. The van der Waals surface area contributed by atoms with Crippen LogP contribution >= 0.6 is 34.5 Å². The van der Waals surface area contributed by atoms with Gasteiger partial charge in [0.2, 0.25) is 0 Å². The minimum atomic E-state index is -0.384. The van der Waals surface area contributed by atoms with Crippen molar-refractivity contribution in [2.45, 2.75) is 25.4 Å². The van der Waals surface area contributed by atoms with Crippen LogP contribution in [0.1, 0.15) is 38.9 Å². The molecule has 1 unspecified atom stereocenters. The smallest absolute Gasteiger partial charge is 0.256 e. The van der Waals surface area contributed by atoms with Gasteiger partial charge in [0.25, 0.3) is 5.91 Å². The summed E-state index contributed by atoms with van der Waals surface area (Å²) in [5.41, 5.74) is 2.74. The average molecular weight is 339 g/mol. The van der Waals surface area contributed by atoms with Crippen molar-refractivity contribution in [3.05, 3.63) is 49.8 Å². The zero-order valence-corrected chi connectivity index (χ0v) is 13.3. The van der Waals surface area contributed by atoms with Crippen LogP contribution in [0.2, 0.25) is 10.0 Å². The number of carbonyl (C=O) groups excluding carboxylic acids is 1. The molecule has 4 rings (SSSR count). The fourth-order valence-corrected chi connectivity index (χ4v) is 4.98. The SMILES string of the molecule is O=C1NC(c2c(Cl)cccc2Cl)Nc2sc3c(c21)CCC3. The Labute approximate surface area is 136 Å². The molecule has 2 aliphatic rings. The predicted molar refractivity (Wildman–Crippen MR) is 86.6 cm³/mol. The number of benzene rings is 1. The van der Waals surface area contributed by atoms with Gasteiger partial charge in [0, 0.05) is 20.5 Å². The molecule has 3 nitrogen and oxygen atoms in total. The van der Waals surface area contributed by atoms with Gasteiger partial charge in [-0.3, -0.25) is 4.79 Å². The lowest BCUT2D eigenvalue weighted by atomic mass is 10.1. The fraction of sp³-hybridized carbons (Fsp3) is 0.267. The molecule has 0 fully saturated rings. The van der Waals surface area contributed by atoms with E-state index in [1.54, 1.807) is 29.5 Å². The van der Waals surface area contributed by atoms with Crippen LogP contribution in [0.3, 0.4) is 0 Å². The molecular weight excluding hydrogens is 327 g/mol. The molecule has 2 heterocycles. The van der Waals surface area contributed by atoms with Gasteiger partial charge in [-0.25, -0.2) is 0 Å². The van der Waals surface area contributed by atoms with E-state index in [2.05, 4.69) is 10.6 Å². The van der Waals surface area contributed by atoms with E-state index in [-0.39, 0.29) is 12.1 Å². The summed E-state index contributed by atoms with van der Waals surface area (Å²) < 4.78 is 0. The zero-order chi connectivity index (χ0) is 14.6. The summed E-state index contributed by atoms with van der Waals surface area (Å²) in [5.74, 6) is -0.0378. The second kappa shape index (κ2) is 4.90. The number of hydrogen-bond acceptors (Lipinski definition) is 3. The molecule has 0 radical (unpaired) electrons. The Bertz CT molecular complexity index is 736. The molecule has 6 heteroatoms. The molecule has 21 heavy (non-hydrogen) atoms. The van der Waals surface area contributed by atoms with Crippen molar-refractivity contribution in [2.24, 2.45) is 0 Å². The van der Waals surface area contributed by atoms with Crippen LogP contribution < -0.4 is 10.6 Å². The van der Waals surface area contributed by atoms with E-state index in [0.717, 1.165) is 29.8 Å². The first-order valence-electron chi connectivity index (χ1n) is 6.81. The van der Waals surface area contributed by atoms with Crippen LogP contribution in [-0.2, 0) is 12.8 Å². The molecular formula is C15H12Cl2N2OS. The molecule has 1 aliphatic heterocycles. The van der Waals surface area contributed by atoms with E-state index in [9.17, 15) is 4.79 Å². The summed E-state index contributed by atoms with van der Waals surface area (Å²) in [7, 11) is 0. The second-order valence-corrected chi connectivity index (χ2v) is 7.17. The maximum absolute atomic E-state index is 12.5. The number of amides is 1. The number of fused-ring (bicyclic) bond motifs is 3. The van der Waals surface area contributed by atoms with Crippen LogP contribution in [-0.4, -0.2) is 5.91 Å². The summed E-state index contributed by atoms with van der Waals surface area (Å²) in [4.78, 5) is 13.8. The maximum atomic E-state index is 12.5. The van der Waals surface area contributed by atoms with Gasteiger partial charge in [-0.15, -0.1) is 11.3 Å². The van der Waals surface area contributed by atoms with E-state index in [4.69, 9.17) is 23.2 Å². The summed E-state index contributed by atoms with van der Waals surface area (Å²) in [6.07, 6.45) is 2.82. The Hall–Kier alpha value is -1.23. The number of anilines is 1. The van der Waals surface area contributed by atoms with Crippen molar-refractivity contribution in [1.29, 1.82) is 0 Å². The van der Waals surface area contributed by atoms with Crippen molar-refractivity contribution in [1.82, 2.24) is 5.32 Å². The highest BCUT2D eigenvalue weighted by molar-refractivity contribution is 7.16. The molecule has 1 aromatic carbocycles. The van der Waals surface area contributed by atoms with Crippen LogP contribution in [0.4, 0.5) is 5.00 Å². The van der Waals surface area contributed by atoms with Crippen LogP contribution in [0.5, 0.6) is 0 Å². The number of thiophene rings is 1. The number of carbonyl (C=O) groups is 1. The number of nitrogens with one attached hydrogen (secondary N) is 2. The van der Waals surface area contributed by atoms with Gasteiger partial charge < -0.3 is 10.6 Å². The molecule has 1 aliphatic carbocycles. The maximum Gasteiger partial charge on any atom is 0.256 e. The Morgan fingerprint density at radius 3 is 2.67 bits per heavy atom. The summed E-state index contributed by atoms with van der Waals surface area (Å²) in [5, 5.41) is 8.38. The Balaban J connectivity index is 1.77. The number of halogens is 2. The third-order valence-corrected chi connectivity index (χ3v) is 5.87. The fourth-order valence-electron chi connectivity index (χ4n) is 3.05. The second-order valence-electron chi connectivity index (χ2n) is 5.25. The lowest BCUT2D eigenvalue weighted by molar-refractivity contribution is 0.0935. The van der Waals surface area contributed by atoms with E-state index in [1.165, 1.54) is 10.4 Å². The molecule has 0 saturated carbocycles. The first kappa shape index (κ1) is 13.4. The number of hydrogen-bond donors (Lipinski definition) is 2. The van der Waals surface area contributed by atoms with Gasteiger partial charge in [0.15, 0.2) is 0 Å². The molecule has 0 saturated heterocycles. The normalized spacial score (nSPS) is 19.7. The molecule has 1 amide bonds. The number of aryl methyl sites for hydroxylation is 1. The highest BCUT2D eigenvalue weighted by Gasteiger charge is 2.33. The highest BCUT2D eigenvalue weighted by Crippen LogP contribution is 2.43. The van der Waals surface area contributed by atoms with Crippen LogP contribution in [0.25, 0.3) is 0 Å². The van der Waals surface area contributed by atoms with Gasteiger partial charge in [-0.1, -0.05) is 29.3 Å². The standard InChI is InChI=1S/C15H12Cl2N2OS/c16-8-4-2-5-9(17)12(8)13-18-14(20)11-7-3-1-6-10(7)21-15(11)19-13/h2,4-5,13,19H,1,3,6H2,(H,18,20). The molecule has 0 spiro atoms. The third-order valence-electron chi connectivity index (χ3n) is 3.99. The van der Waals surface area contributed by atoms with Crippen LogP contribution in [0.15, 0.2) is 18.2 Å². The summed E-state index contributed by atoms with van der Waals surface area (Å²) in [6, 6.07) is 5.35. The van der Waals surface area contributed by atoms with E-state index < -0.39 is 0 Å². The van der Waals surface area contributed by atoms with Gasteiger partial charge in [-0.05, 0) is 37.0 Å². The van der Waals surface area contributed by atoms with Crippen LogP contribution in [0, 0.1) is 0 Å². The number of rotatable bonds is 1. The lowest BCUT2D eigenvalue weighted by Gasteiger charge is -2.27. The highest BCUT2D eigenvalue weighted by atomic mass is 35.5. The topological polar surface area (TPSA) is 41.1 Å². The molecule has 108 valence electrons. The van der Waals surface area contributed by atoms with Gasteiger partial charge in [0.1, 0.15) is 11.2 Å². The summed E-state index contributed by atoms with van der Waals surface area (Å²) in [6.45, 7) is 0. The van der Waals surface area contributed by atoms with Gasteiger partial charge in [0.05, 0.1) is 5.56 Å². The predicted octanol–water partition coefficient (Wildman–Crippen LogP) is 4.40. The lowest BCUT2D eigenvalue weighted by Crippen LogP contribution is -2.38. The summed E-state index contributed by atoms with van der Waals surface area (Å²) >= 11 is 14.2.